The normalized spacial score (nSPS) is 15.3. The number of piperazine rings is 1. The monoisotopic (exact) mass is 338 g/mol. The van der Waals surface area contributed by atoms with Gasteiger partial charge < -0.3 is 10.2 Å². The molecule has 0 atom stereocenters. The number of nitro groups is 1. The SMILES string of the molecule is CCCCNC(=O)CN1CCN(c2ccc(F)cc2[N+](=O)[O-])CC1. The lowest BCUT2D eigenvalue weighted by Crippen LogP contribution is -2.49. The van der Waals surface area contributed by atoms with Crippen LogP contribution in [-0.2, 0) is 4.79 Å². The van der Waals surface area contributed by atoms with Gasteiger partial charge in [0.1, 0.15) is 11.5 Å². The van der Waals surface area contributed by atoms with Gasteiger partial charge in [0.25, 0.3) is 5.69 Å². The highest BCUT2D eigenvalue weighted by Crippen LogP contribution is 2.29. The van der Waals surface area contributed by atoms with E-state index in [0.717, 1.165) is 18.9 Å². The fourth-order valence-electron chi connectivity index (χ4n) is 2.72. The Morgan fingerprint density at radius 1 is 1.33 bits per heavy atom. The third-order valence-electron chi connectivity index (χ3n) is 4.07. The van der Waals surface area contributed by atoms with Gasteiger partial charge in [0.2, 0.25) is 5.91 Å². The number of unbranched alkanes of at least 4 members (excludes halogenated alkanes) is 1. The molecule has 1 aliphatic rings. The van der Waals surface area contributed by atoms with Gasteiger partial charge >= 0.3 is 0 Å². The van der Waals surface area contributed by atoms with Crippen molar-refractivity contribution in [2.75, 3.05) is 44.2 Å². The van der Waals surface area contributed by atoms with Crippen molar-refractivity contribution in [1.82, 2.24) is 10.2 Å². The molecule has 2 rings (SSSR count). The van der Waals surface area contributed by atoms with Crippen LogP contribution in [0.1, 0.15) is 19.8 Å². The molecule has 1 heterocycles. The number of hydrogen-bond acceptors (Lipinski definition) is 5. The zero-order valence-corrected chi connectivity index (χ0v) is 13.8. The van der Waals surface area contributed by atoms with Gasteiger partial charge in [0, 0.05) is 32.7 Å². The Labute approximate surface area is 140 Å². The van der Waals surface area contributed by atoms with Crippen molar-refractivity contribution >= 4 is 17.3 Å². The quantitative estimate of drug-likeness (QED) is 0.466. The molecule has 132 valence electrons. The number of rotatable bonds is 7. The first kappa shape index (κ1) is 18.1. The van der Waals surface area contributed by atoms with Crippen LogP contribution in [0.5, 0.6) is 0 Å². The zero-order chi connectivity index (χ0) is 17.5. The Hall–Kier alpha value is -2.22. The van der Waals surface area contributed by atoms with Crippen molar-refractivity contribution in [3.05, 3.63) is 34.1 Å². The lowest BCUT2D eigenvalue weighted by molar-refractivity contribution is -0.384. The number of nitrogens with one attached hydrogen (secondary N) is 1. The van der Waals surface area contributed by atoms with Crippen LogP contribution >= 0.6 is 0 Å². The van der Waals surface area contributed by atoms with Crippen molar-refractivity contribution in [3.63, 3.8) is 0 Å². The predicted molar refractivity (Wildman–Crippen MR) is 89.6 cm³/mol. The highest BCUT2D eigenvalue weighted by molar-refractivity contribution is 5.78. The maximum atomic E-state index is 13.2. The van der Waals surface area contributed by atoms with Crippen LogP contribution in [0.25, 0.3) is 0 Å². The van der Waals surface area contributed by atoms with Crippen LogP contribution in [0.15, 0.2) is 18.2 Å². The number of halogens is 1. The number of nitro benzene ring substituents is 1. The molecule has 24 heavy (non-hydrogen) atoms. The number of amides is 1. The molecule has 0 spiro atoms. The Morgan fingerprint density at radius 2 is 2.04 bits per heavy atom. The summed E-state index contributed by atoms with van der Waals surface area (Å²) in [5, 5.41) is 14.0. The number of hydrogen-bond donors (Lipinski definition) is 1. The first-order valence-corrected chi connectivity index (χ1v) is 8.19. The summed E-state index contributed by atoms with van der Waals surface area (Å²) in [5.41, 5.74) is 0.203. The van der Waals surface area contributed by atoms with E-state index < -0.39 is 10.7 Å². The van der Waals surface area contributed by atoms with Crippen LogP contribution in [0.2, 0.25) is 0 Å². The maximum Gasteiger partial charge on any atom is 0.295 e. The second kappa shape index (κ2) is 8.58. The molecule has 1 saturated heterocycles. The van der Waals surface area contributed by atoms with Crippen molar-refractivity contribution in [1.29, 1.82) is 0 Å². The second-order valence-electron chi connectivity index (χ2n) is 5.86. The molecule has 0 saturated carbocycles. The van der Waals surface area contributed by atoms with Gasteiger partial charge in [-0.2, -0.15) is 0 Å². The Kier molecular flexibility index (Phi) is 6.48. The van der Waals surface area contributed by atoms with Gasteiger partial charge in [0.15, 0.2) is 0 Å². The molecule has 1 aliphatic heterocycles. The molecule has 0 unspecified atom stereocenters. The molecular weight excluding hydrogens is 315 g/mol. The molecule has 1 N–H and O–H groups in total. The first-order valence-electron chi connectivity index (χ1n) is 8.19. The molecule has 1 amide bonds. The van der Waals surface area contributed by atoms with Gasteiger partial charge in [-0.05, 0) is 18.6 Å². The summed E-state index contributed by atoms with van der Waals surface area (Å²) in [5.74, 6) is -0.613. The molecule has 7 nitrogen and oxygen atoms in total. The third kappa shape index (κ3) is 4.89. The van der Waals surface area contributed by atoms with E-state index in [4.69, 9.17) is 0 Å². The molecule has 1 fully saturated rings. The second-order valence-corrected chi connectivity index (χ2v) is 5.86. The molecule has 0 bridgehead atoms. The molecule has 0 radical (unpaired) electrons. The van der Waals surface area contributed by atoms with Crippen molar-refractivity contribution < 1.29 is 14.1 Å². The minimum Gasteiger partial charge on any atom is -0.363 e. The topological polar surface area (TPSA) is 78.7 Å². The van der Waals surface area contributed by atoms with Gasteiger partial charge in [-0.3, -0.25) is 19.8 Å². The molecule has 1 aromatic carbocycles. The van der Waals surface area contributed by atoms with E-state index in [9.17, 15) is 19.3 Å². The fraction of sp³-hybridized carbons (Fsp3) is 0.562. The molecule has 0 aromatic heterocycles. The number of nitrogens with zero attached hydrogens (tertiary/aromatic N) is 3. The van der Waals surface area contributed by atoms with Crippen LogP contribution in [0.3, 0.4) is 0 Å². The van der Waals surface area contributed by atoms with Gasteiger partial charge in [-0.25, -0.2) is 4.39 Å². The van der Waals surface area contributed by atoms with Gasteiger partial charge in [0.05, 0.1) is 17.5 Å². The summed E-state index contributed by atoms with van der Waals surface area (Å²) in [6.45, 7) is 5.50. The van der Waals surface area contributed by atoms with Crippen molar-refractivity contribution in [2.45, 2.75) is 19.8 Å². The molecule has 1 aromatic rings. The minimum atomic E-state index is -0.618. The summed E-state index contributed by atoms with van der Waals surface area (Å²) >= 11 is 0. The van der Waals surface area contributed by atoms with Crippen LogP contribution < -0.4 is 10.2 Å². The number of benzene rings is 1. The molecule has 0 aliphatic carbocycles. The summed E-state index contributed by atoms with van der Waals surface area (Å²) in [7, 11) is 0. The summed E-state index contributed by atoms with van der Waals surface area (Å²) in [6, 6.07) is 3.62. The Morgan fingerprint density at radius 3 is 2.67 bits per heavy atom. The van der Waals surface area contributed by atoms with Crippen molar-refractivity contribution in [3.8, 4) is 0 Å². The van der Waals surface area contributed by atoms with E-state index in [0.29, 0.717) is 45.0 Å². The van der Waals surface area contributed by atoms with Gasteiger partial charge in [-0.1, -0.05) is 13.3 Å². The summed E-state index contributed by atoms with van der Waals surface area (Å²) < 4.78 is 13.2. The predicted octanol–water partition coefficient (Wildman–Crippen LogP) is 1.77. The number of anilines is 1. The van der Waals surface area contributed by atoms with E-state index in [2.05, 4.69) is 12.2 Å². The van der Waals surface area contributed by atoms with E-state index in [1.165, 1.54) is 12.1 Å². The van der Waals surface area contributed by atoms with E-state index in [1.54, 1.807) is 0 Å². The van der Waals surface area contributed by atoms with E-state index >= 15 is 0 Å². The largest absolute Gasteiger partial charge is 0.363 e. The zero-order valence-electron chi connectivity index (χ0n) is 13.8. The average molecular weight is 338 g/mol. The van der Waals surface area contributed by atoms with Gasteiger partial charge in [-0.15, -0.1) is 0 Å². The van der Waals surface area contributed by atoms with Crippen LogP contribution in [0, 0.1) is 15.9 Å². The molecular formula is C16H23FN4O3. The standard InChI is InChI=1S/C16H23FN4O3/c1-2-3-6-18-16(22)12-19-7-9-20(10-8-19)14-5-4-13(17)11-15(14)21(23)24/h4-5,11H,2-3,6-10,12H2,1H3,(H,18,22). The van der Waals surface area contributed by atoms with Crippen LogP contribution in [-0.4, -0.2) is 55.0 Å². The number of carbonyl (C=O) groups is 1. The average Bonchev–Trinajstić information content (AvgIpc) is 2.56. The highest BCUT2D eigenvalue weighted by Gasteiger charge is 2.24. The lowest BCUT2D eigenvalue weighted by Gasteiger charge is -2.35. The van der Waals surface area contributed by atoms with E-state index in [1.807, 2.05) is 9.80 Å². The Bertz CT molecular complexity index is 589. The van der Waals surface area contributed by atoms with E-state index in [-0.39, 0.29) is 11.6 Å². The maximum absolute atomic E-state index is 13.2. The number of carbonyl (C=O) groups excluding carboxylic acids is 1. The third-order valence-corrected chi connectivity index (χ3v) is 4.07. The lowest BCUT2D eigenvalue weighted by atomic mass is 10.2. The highest BCUT2D eigenvalue weighted by atomic mass is 19.1. The minimum absolute atomic E-state index is 0.00432. The smallest absolute Gasteiger partial charge is 0.295 e. The fourth-order valence-corrected chi connectivity index (χ4v) is 2.72. The molecule has 8 heteroatoms. The summed E-state index contributed by atoms with van der Waals surface area (Å²) in [6.07, 6.45) is 2.00. The van der Waals surface area contributed by atoms with Crippen molar-refractivity contribution in [2.24, 2.45) is 0 Å². The first-order chi connectivity index (χ1) is 11.5. The summed E-state index contributed by atoms with van der Waals surface area (Å²) in [4.78, 5) is 26.2. The Balaban J connectivity index is 1.89. The van der Waals surface area contributed by atoms with Crippen LogP contribution in [0.4, 0.5) is 15.8 Å².